The van der Waals surface area contributed by atoms with E-state index in [1.165, 1.54) is 0 Å². The molecule has 4 nitrogen and oxygen atoms in total. The predicted octanol–water partition coefficient (Wildman–Crippen LogP) is 2.38. The van der Waals surface area contributed by atoms with Crippen LogP contribution in [0.1, 0.15) is 21.0 Å². The number of aromatic nitrogens is 1. The zero-order chi connectivity index (χ0) is 13.0. The van der Waals surface area contributed by atoms with E-state index in [1.807, 2.05) is 24.3 Å². The van der Waals surface area contributed by atoms with Crippen molar-refractivity contribution in [1.29, 1.82) is 0 Å². The number of hydrogen-bond acceptors (Lipinski definition) is 4. The van der Waals surface area contributed by atoms with E-state index < -0.39 is 0 Å². The van der Waals surface area contributed by atoms with Crippen molar-refractivity contribution in [3.05, 3.63) is 47.8 Å². The molecule has 0 aliphatic heterocycles. The highest BCUT2D eigenvalue weighted by molar-refractivity contribution is 5.82. The molecule has 0 bridgehead atoms. The molecule has 90 valence electrons. The quantitative estimate of drug-likeness (QED) is 0.771. The van der Waals surface area contributed by atoms with Gasteiger partial charge >= 0.3 is 0 Å². The Kier molecular flexibility index (Phi) is 3.48. The van der Waals surface area contributed by atoms with Gasteiger partial charge in [-0.3, -0.25) is 9.59 Å². The van der Waals surface area contributed by atoms with Crippen molar-refractivity contribution >= 4 is 12.6 Å². The van der Waals surface area contributed by atoms with E-state index in [0.29, 0.717) is 12.6 Å². The number of hydrogen-bond donors (Lipinski definition) is 0. The second-order valence-corrected chi connectivity index (χ2v) is 3.67. The molecule has 0 aliphatic rings. The van der Waals surface area contributed by atoms with Crippen molar-refractivity contribution < 1.29 is 14.3 Å². The van der Waals surface area contributed by atoms with Gasteiger partial charge in [-0.1, -0.05) is 12.1 Å². The molecule has 0 radical (unpaired) electrons. The van der Waals surface area contributed by atoms with Crippen LogP contribution >= 0.6 is 0 Å². The van der Waals surface area contributed by atoms with Crippen LogP contribution in [-0.4, -0.2) is 24.7 Å². The molecule has 1 heterocycles. The first-order valence-electron chi connectivity index (χ1n) is 5.33. The second-order valence-electron chi connectivity index (χ2n) is 3.67. The van der Waals surface area contributed by atoms with Gasteiger partial charge in [0.05, 0.1) is 7.11 Å². The molecule has 1 aromatic carbocycles. The van der Waals surface area contributed by atoms with Gasteiger partial charge in [0, 0.05) is 0 Å². The Bertz CT molecular complexity index is 550. The Balaban J connectivity index is 2.48. The van der Waals surface area contributed by atoms with Crippen LogP contribution in [0.4, 0.5) is 0 Å². The summed E-state index contributed by atoms with van der Waals surface area (Å²) in [7, 11) is 1.59. The van der Waals surface area contributed by atoms with Crippen LogP contribution in [0.2, 0.25) is 0 Å². The van der Waals surface area contributed by atoms with E-state index in [1.54, 1.807) is 19.2 Å². The molecule has 0 aliphatic carbocycles. The summed E-state index contributed by atoms with van der Waals surface area (Å²) >= 11 is 0. The molecule has 0 saturated carbocycles. The van der Waals surface area contributed by atoms with Gasteiger partial charge in [0.15, 0.2) is 12.6 Å². The number of carbonyl (C=O) groups is 2. The van der Waals surface area contributed by atoms with E-state index in [2.05, 4.69) is 4.98 Å². The Labute approximate surface area is 104 Å². The number of ether oxygens (including phenoxy) is 1. The second kappa shape index (κ2) is 5.23. The highest BCUT2D eigenvalue weighted by Gasteiger charge is 2.04. The van der Waals surface area contributed by atoms with Crippen LogP contribution in [0.5, 0.6) is 5.75 Å². The van der Waals surface area contributed by atoms with Gasteiger partial charge in [0.25, 0.3) is 0 Å². The van der Waals surface area contributed by atoms with Gasteiger partial charge in [0.1, 0.15) is 17.1 Å². The van der Waals surface area contributed by atoms with Gasteiger partial charge in [-0.15, -0.1) is 0 Å². The summed E-state index contributed by atoms with van der Waals surface area (Å²) in [5, 5.41) is 0. The summed E-state index contributed by atoms with van der Waals surface area (Å²) in [6, 6.07) is 10.6. The van der Waals surface area contributed by atoms with Crippen LogP contribution in [-0.2, 0) is 0 Å². The molecule has 0 saturated heterocycles. The zero-order valence-corrected chi connectivity index (χ0v) is 9.79. The highest BCUT2D eigenvalue weighted by atomic mass is 16.5. The largest absolute Gasteiger partial charge is 0.497 e. The van der Waals surface area contributed by atoms with Crippen molar-refractivity contribution in [2.24, 2.45) is 0 Å². The lowest BCUT2D eigenvalue weighted by Crippen LogP contribution is -1.94. The summed E-state index contributed by atoms with van der Waals surface area (Å²) in [4.78, 5) is 25.4. The lowest BCUT2D eigenvalue weighted by molar-refractivity contribution is 0.111. The predicted molar refractivity (Wildman–Crippen MR) is 67.0 cm³/mol. The maximum absolute atomic E-state index is 10.8. The molecule has 0 spiro atoms. The maximum atomic E-state index is 10.8. The fraction of sp³-hybridized carbons (Fsp3) is 0.0714. The summed E-state index contributed by atoms with van der Waals surface area (Å²) in [6.07, 6.45) is 1.25. The summed E-state index contributed by atoms with van der Waals surface area (Å²) in [5.74, 6) is 0.749. The van der Waals surface area contributed by atoms with Gasteiger partial charge in [-0.25, -0.2) is 4.98 Å². The number of nitrogens with zero attached hydrogens (tertiary/aromatic N) is 1. The summed E-state index contributed by atoms with van der Waals surface area (Å²) in [6.45, 7) is 0. The van der Waals surface area contributed by atoms with Crippen LogP contribution in [0.3, 0.4) is 0 Å². The van der Waals surface area contributed by atoms with Crippen LogP contribution in [0, 0.1) is 0 Å². The molecule has 0 N–H and O–H groups in total. The van der Waals surface area contributed by atoms with Crippen LogP contribution < -0.4 is 4.74 Å². The van der Waals surface area contributed by atoms with Crippen LogP contribution in [0.15, 0.2) is 36.4 Å². The molecule has 2 rings (SSSR count). The van der Waals surface area contributed by atoms with Crippen molar-refractivity contribution in [2.75, 3.05) is 7.11 Å². The number of pyridine rings is 1. The molecular weight excluding hydrogens is 230 g/mol. The standard InChI is InChI=1S/C14H11NO3/c1-18-14-4-2-10(3-5-14)11-6-12(8-16)15-13(7-11)9-17/h2-9H,1H3. The van der Waals surface area contributed by atoms with Gasteiger partial charge in [0.2, 0.25) is 0 Å². The Morgan fingerprint density at radius 1 is 0.944 bits per heavy atom. The first-order valence-corrected chi connectivity index (χ1v) is 5.33. The number of methoxy groups -OCH3 is 1. The number of rotatable bonds is 4. The van der Waals surface area contributed by atoms with Crippen molar-refractivity contribution in [1.82, 2.24) is 4.98 Å². The topological polar surface area (TPSA) is 56.3 Å². The Morgan fingerprint density at radius 3 is 1.94 bits per heavy atom. The fourth-order valence-electron chi connectivity index (χ4n) is 1.64. The average molecular weight is 241 g/mol. The van der Waals surface area contributed by atoms with Crippen LogP contribution in [0.25, 0.3) is 11.1 Å². The van der Waals surface area contributed by atoms with Gasteiger partial charge in [-0.05, 0) is 35.4 Å². The molecule has 2 aromatic rings. The minimum atomic E-state index is 0.241. The van der Waals surface area contributed by atoms with E-state index in [9.17, 15) is 9.59 Å². The monoisotopic (exact) mass is 241 g/mol. The average Bonchev–Trinajstić information content (AvgIpc) is 2.46. The minimum absolute atomic E-state index is 0.241. The van der Waals surface area contributed by atoms with Gasteiger partial charge in [-0.2, -0.15) is 0 Å². The third-order valence-corrected chi connectivity index (χ3v) is 2.53. The number of benzene rings is 1. The molecular formula is C14H11NO3. The van der Waals surface area contributed by atoms with Gasteiger partial charge < -0.3 is 4.74 Å². The lowest BCUT2D eigenvalue weighted by Gasteiger charge is -2.05. The molecule has 0 fully saturated rings. The van der Waals surface area contributed by atoms with Crippen molar-refractivity contribution in [3.8, 4) is 16.9 Å². The third kappa shape index (κ3) is 2.43. The SMILES string of the molecule is COc1ccc(-c2cc(C=O)nc(C=O)c2)cc1. The molecule has 1 aromatic heterocycles. The number of aldehydes is 2. The fourth-order valence-corrected chi connectivity index (χ4v) is 1.64. The normalized spacial score (nSPS) is 9.83. The first-order chi connectivity index (χ1) is 8.76. The molecule has 18 heavy (non-hydrogen) atoms. The number of carbonyl (C=O) groups excluding carboxylic acids is 2. The molecule has 0 unspecified atom stereocenters. The zero-order valence-electron chi connectivity index (χ0n) is 9.79. The highest BCUT2D eigenvalue weighted by Crippen LogP contribution is 2.23. The smallest absolute Gasteiger partial charge is 0.168 e. The maximum Gasteiger partial charge on any atom is 0.168 e. The lowest BCUT2D eigenvalue weighted by atomic mass is 10.0. The molecule has 0 atom stereocenters. The molecule has 4 heteroatoms. The van der Waals surface area contributed by atoms with Crippen molar-refractivity contribution in [3.63, 3.8) is 0 Å². The van der Waals surface area contributed by atoms with E-state index in [-0.39, 0.29) is 11.4 Å². The summed E-state index contributed by atoms with van der Waals surface area (Å²) in [5.41, 5.74) is 2.15. The van der Waals surface area contributed by atoms with E-state index in [4.69, 9.17) is 4.74 Å². The molecule has 0 amide bonds. The van der Waals surface area contributed by atoms with E-state index >= 15 is 0 Å². The third-order valence-electron chi connectivity index (χ3n) is 2.53. The first kappa shape index (κ1) is 12.0. The van der Waals surface area contributed by atoms with Crippen molar-refractivity contribution in [2.45, 2.75) is 0 Å². The van der Waals surface area contributed by atoms with E-state index in [0.717, 1.165) is 16.9 Å². The Hall–Kier alpha value is -2.49. The summed E-state index contributed by atoms with van der Waals surface area (Å²) < 4.78 is 5.07. The minimum Gasteiger partial charge on any atom is -0.497 e. The Morgan fingerprint density at radius 2 is 1.50 bits per heavy atom.